The summed E-state index contributed by atoms with van der Waals surface area (Å²) in [7, 11) is 3.26. The second kappa shape index (κ2) is 10.8. The van der Waals surface area contributed by atoms with Crippen molar-refractivity contribution in [3.05, 3.63) is 94.5 Å². The van der Waals surface area contributed by atoms with Gasteiger partial charge in [-0.05, 0) is 53.4 Å². The van der Waals surface area contributed by atoms with Crippen molar-refractivity contribution in [3.8, 4) is 11.5 Å². The molecule has 0 saturated carbocycles. The number of esters is 1. The molecule has 0 saturated heterocycles. The molecule has 31 heavy (non-hydrogen) atoms. The van der Waals surface area contributed by atoms with E-state index in [9.17, 15) is 4.79 Å². The maximum atomic E-state index is 11.7. The molecule has 3 aromatic carbocycles. The van der Waals surface area contributed by atoms with Crippen LogP contribution in [-0.4, -0.2) is 26.8 Å². The Morgan fingerprint density at radius 1 is 0.677 bits per heavy atom. The number of carbonyl (C=O) groups is 1. The predicted molar refractivity (Wildman–Crippen MR) is 126 cm³/mol. The first-order valence-corrected chi connectivity index (χ1v) is 10.1. The molecule has 0 fully saturated rings. The minimum atomic E-state index is -0.297. The summed E-state index contributed by atoms with van der Waals surface area (Å²) in [5, 5.41) is 0. The molecule has 0 heterocycles. The summed E-state index contributed by atoms with van der Waals surface area (Å²) in [4.78, 5) is 11.7. The van der Waals surface area contributed by atoms with Crippen LogP contribution in [0.3, 0.4) is 0 Å². The number of hydrogen-bond acceptors (Lipinski definition) is 4. The summed E-state index contributed by atoms with van der Waals surface area (Å²) >= 11 is 0. The normalized spacial score (nSPS) is 11.1. The van der Waals surface area contributed by atoms with E-state index in [2.05, 4.69) is 30.3 Å². The van der Waals surface area contributed by atoms with E-state index in [1.165, 1.54) is 0 Å². The third kappa shape index (κ3) is 6.09. The molecule has 4 nitrogen and oxygen atoms in total. The number of hydrogen-bond donors (Lipinski definition) is 0. The fraction of sp³-hybridized carbons (Fsp3) is 0.148. The van der Waals surface area contributed by atoms with Crippen LogP contribution >= 0.6 is 0 Å². The van der Waals surface area contributed by atoms with E-state index in [0.29, 0.717) is 23.7 Å². The Hall–Kier alpha value is -3.79. The molecule has 0 atom stereocenters. The van der Waals surface area contributed by atoms with Crippen LogP contribution < -0.4 is 9.47 Å². The standard InChI is InChI=1S/C27H26O4/c1-4-31-27(28)24-16-13-22(14-17-24)10-9-20-5-7-21(8-6-20)11-12-23-15-18-25(29-2)26(19-23)30-3/h5-19H,4H2,1-3H3/b10-9+,12-11+. The lowest BCUT2D eigenvalue weighted by Gasteiger charge is -2.07. The lowest BCUT2D eigenvalue weighted by molar-refractivity contribution is 0.0526. The SMILES string of the molecule is CCOC(=O)c1ccc(/C=C/c2ccc(/C=C/c3ccc(OC)c(OC)c3)cc2)cc1. The van der Waals surface area contributed by atoms with E-state index in [4.69, 9.17) is 14.2 Å². The molecular formula is C27H26O4. The van der Waals surface area contributed by atoms with Crippen LogP contribution in [0.2, 0.25) is 0 Å². The summed E-state index contributed by atoms with van der Waals surface area (Å²) in [6, 6.07) is 21.5. The minimum Gasteiger partial charge on any atom is -0.493 e. The molecule has 0 spiro atoms. The maximum Gasteiger partial charge on any atom is 0.338 e. The number of ether oxygens (including phenoxy) is 3. The van der Waals surface area contributed by atoms with Crippen LogP contribution in [0.15, 0.2) is 66.7 Å². The zero-order valence-corrected chi connectivity index (χ0v) is 18.0. The van der Waals surface area contributed by atoms with Gasteiger partial charge >= 0.3 is 5.97 Å². The Labute approximate surface area is 183 Å². The first-order chi connectivity index (χ1) is 15.1. The Morgan fingerprint density at radius 3 is 1.61 bits per heavy atom. The summed E-state index contributed by atoms with van der Waals surface area (Å²) in [5.41, 5.74) is 4.81. The van der Waals surface area contributed by atoms with Gasteiger partial charge in [-0.15, -0.1) is 0 Å². The van der Waals surface area contributed by atoms with Crippen molar-refractivity contribution in [1.29, 1.82) is 0 Å². The molecule has 0 N–H and O–H groups in total. The number of rotatable bonds is 8. The van der Waals surface area contributed by atoms with Crippen LogP contribution in [0.5, 0.6) is 11.5 Å². The first-order valence-electron chi connectivity index (χ1n) is 10.1. The van der Waals surface area contributed by atoms with E-state index < -0.39 is 0 Å². The molecule has 3 aromatic rings. The maximum absolute atomic E-state index is 11.7. The zero-order chi connectivity index (χ0) is 22.1. The van der Waals surface area contributed by atoms with E-state index in [0.717, 1.165) is 22.3 Å². The van der Waals surface area contributed by atoms with Crippen LogP contribution in [0, 0.1) is 0 Å². The van der Waals surface area contributed by atoms with E-state index in [1.54, 1.807) is 33.3 Å². The number of benzene rings is 3. The summed E-state index contributed by atoms with van der Waals surface area (Å²) in [6.07, 6.45) is 8.16. The fourth-order valence-corrected chi connectivity index (χ4v) is 3.00. The van der Waals surface area contributed by atoms with Crippen LogP contribution in [0.4, 0.5) is 0 Å². The molecule has 158 valence electrons. The highest BCUT2D eigenvalue weighted by Gasteiger charge is 2.05. The van der Waals surface area contributed by atoms with E-state index >= 15 is 0 Å². The molecular weight excluding hydrogens is 388 g/mol. The van der Waals surface area contributed by atoms with Crippen molar-refractivity contribution in [2.75, 3.05) is 20.8 Å². The van der Waals surface area contributed by atoms with Crippen LogP contribution in [0.1, 0.15) is 39.5 Å². The number of methoxy groups -OCH3 is 2. The number of carbonyl (C=O) groups excluding carboxylic acids is 1. The highest BCUT2D eigenvalue weighted by molar-refractivity contribution is 5.89. The third-order valence-electron chi connectivity index (χ3n) is 4.70. The average molecular weight is 415 g/mol. The topological polar surface area (TPSA) is 44.8 Å². The van der Waals surface area contributed by atoms with Gasteiger partial charge in [0.05, 0.1) is 26.4 Å². The van der Waals surface area contributed by atoms with Crippen molar-refractivity contribution in [2.24, 2.45) is 0 Å². The van der Waals surface area contributed by atoms with Gasteiger partial charge in [-0.1, -0.05) is 66.8 Å². The monoisotopic (exact) mass is 414 g/mol. The second-order valence-corrected chi connectivity index (χ2v) is 6.79. The molecule has 3 rings (SSSR count). The average Bonchev–Trinajstić information content (AvgIpc) is 2.82. The molecule has 0 radical (unpaired) electrons. The highest BCUT2D eigenvalue weighted by atomic mass is 16.5. The van der Waals surface area contributed by atoms with Crippen LogP contribution in [0.25, 0.3) is 24.3 Å². The molecule has 0 aromatic heterocycles. The summed E-state index contributed by atoms with van der Waals surface area (Å²) in [5.74, 6) is 1.13. The van der Waals surface area contributed by atoms with Gasteiger partial charge < -0.3 is 14.2 Å². The molecule has 4 heteroatoms. The van der Waals surface area contributed by atoms with Gasteiger partial charge in [-0.2, -0.15) is 0 Å². The summed E-state index contributed by atoms with van der Waals surface area (Å²) < 4.78 is 15.6. The smallest absolute Gasteiger partial charge is 0.338 e. The fourth-order valence-electron chi connectivity index (χ4n) is 3.00. The Balaban J connectivity index is 1.63. The van der Waals surface area contributed by atoms with Gasteiger partial charge in [0.25, 0.3) is 0 Å². The van der Waals surface area contributed by atoms with Gasteiger partial charge in [0.15, 0.2) is 11.5 Å². The second-order valence-electron chi connectivity index (χ2n) is 6.79. The van der Waals surface area contributed by atoms with Crippen molar-refractivity contribution in [2.45, 2.75) is 6.92 Å². The zero-order valence-electron chi connectivity index (χ0n) is 18.0. The van der Waals surface area contributed by atoms with Gasteiger partial charge in [-0.3, -0.25) is 0 Å². The van der Waals surface area contributed by atoms with Gasteiger partial charge in [-0.25, -0.2) is 4.79 Å². The van der Waals surface area contributed by atoms with Gasteiger partial charge in [0.1, 0.15) is 0 Å². The molecule has 0 bridgehead atoms. The Kier molecular flexibility index (Phi) is 7.66. The largest absolute Gasteiger partial charge is 0.493 e. The molecule has 0 aliphatic carbocycles. The van der Waals surface area contributed by atoms with Crippen molar-refractivity contribution < 1.29 is 19.0 Å². The Bertz CT molecular complexity index is 1060. The van der Waals surface area contributed by atoms with Crippen molar-refractivity contribution in [3.63, 3.8) is 0 Å². The van der Waals surface area contributed by atoms with Crippen LogP contribution in [-0.2, 0) is 4.74 Å². The van der Waals surface area contributed by atoms with Gasteiger partial charge in [0, 0.05) is 0 Å². The molecule has 0 amide bonds. The minimum absolute atomic E-state index is 0.297. The van der Waals surface area contributed by atoms with Gasteiger partial charge in [0.2, 0.25) is 0 Å². The Morgan fingerprint density at radius 2 is 1.13 bits per heavy atom. The first kappa shape index (κ1) is 21.9. The molecule has 0 unspecified atom stereocenters. The lowest BCUT2D eigenvalue weighted by atomic mass is 10.1. The molecule has 0 aliphatic rings. The lowest BCUT2D eigenvalue weighted by Crippen LogP contribution is -2.03. The molecule has 0 aliphatic heterocycles. The van der Waals surface area contributed by atoms with E-state index in [-0.39, 0.29) is 5.97 Å². The van der Waals surface area contributed by atoms with E-state index in [1.807, 2.05) is 48.6 Å². The predicted octanol–water partition coefficient (Wildman–Crippen LogP) is 6.22. The third-order valence-corrected chi connectivity index (χ3v) is 4.70. The highest BCUT2D eigenvalue weighted by Crippen LogP contribution is 2.28. The van der Waals surface area contributed by atoms with Crippen molar-refractivity contribution in [1.82, 2.24) is 0 Å². The van der Waals surface area contributed by atoms with Crippen molar-refractivity contribution >= 4 is 30.3 Å². The summed E-state index contributed by atoms with van der Waals surface area (Å²) in [6.45, 7) is 2.17. The quantitative estimate of drug-likeness (QED) is 0.324.